The average molecular weight is 149 g/mol. The number of hydrogen-bond donors (Lipinski definition) is 0. The van der Waals surface area contributed by atoms with Gasteiger partial charge >= 0.3 is 47.0 Å². The fraction of sp³-hybridized carbons (Fsp3) is 1.00. The van der Waals surface area contributed by atoms with Crippen molar-refractivity contribution in [2.75, 3.05) is 0 Å². The van der Waals surface area contributed by atoms with Gasteiger partial charge in [-0.05, 0) is 0 Å². The monoisotopic (exact) mass is 150 g/mol. The second-order valence-electron chi connectivity index (χ2n) is 2.32. The van der Waals surface area contributed by atoms with Gasteiger partial charge in [-0.3, -0.25) is 0 Å². The standard InChI is InChI=1S/C4H12GeO/c1-4(2,3)6-5/h1-3,5H3. The first-order chi connectivity index (χ1) is 2.56. The van der Waals surface area contributed by atoms with Crippen LogP contribution in [0.3, 0.4) is 0 Å². The Labute approximate surface area is 47.6 Å². The van der Waals surface area contributed by atoms with E-state index in [1.54, 1.807) is 0 Å². The summed E-state index contributed by atoms with van der Waals surface area (Å²) in [6.07, 6.45) is 0. The van der Waals surface area contributed by atoms with E-state index in [2.05, 4.69) is 20.8 Å². The van der Waals surface area contributed by atoms with E-state index < -0.39 is 0 Å². The van der Waals surface area contributed by atoms with E-state index in [9.17, 15) is 0 Å². The van der Waals surface area contributed by atoms with Crippen LogP contribution in [-0.4, -0.2) is 22.5 Å². The summed E-state index contributed by atoms with van der Waals surface area (Å²) in [7, 11) is 0. The van der Waals surface area contributed by atoms with E-state index in [-0.39, 0.29) is 5.60 Å². The molecule has 0 radical (unpaired) electrons. The summed E-state index contributed by atoms with van der Waals surface area (Å²) >= 11 is 0.547. The Hall–Kier alpha value is 0.503. The van der Waals surface area contributed by atoms with Crippen molar-refractivity contribution >= 4 is 16.9 Å². The van der Waals surface area contributed by atoms with Crippen LogP contribution >= 0.6 is 0 Å². The van der Waals surface area contributed by atoms with Crippen LogP contribution in [0.4, 0.5) is 0 Å². The summed E-state index contributed by atoms with van der Waals surface area (Å²) in [5, 5.41) is 0. The van der Waals surface area contributed by atoms with E-state index in [0.29, 0.717) is 16.9 Å². The molecule has 0 aliphatic heterocycles. The number of hydrogen-bond acceptors (Lipinski definition) is 1. The summed E-state index contributed by atoms with van der Waals surface area (Å²) in [5.74, 6) is 0. The third kappa shape index (κ3) is 4.50. The maximum absolute atomic E-state index is 5.12. The van der Waals surface area contributed by atoms with Crippen LogP contribution in [0.25, 0.3) is 0 Å². The van der Waals surface area contributed by atoms with Crippen molar-refractivity contribution in [1.82, 2.24) is 0 Å². The summed E-state index contributed by atoms with van der Waals surface area (Å²) in [6, 6.07) is 0. The fourth-order valence-electron chi connectivity index (χ4n) is 0. The van der Waals surface area contributed by atoms with Crippen molar-refractivity contribution in [3.63, 3.8) is 0 Å². The van der Waals surface area contributed by atoms with Crippen LogP contribution in [0.5, 0.6) is 0 Å². The second-order valence-corrected chi connectivity index (χ2v) is 3.17. The van der Waals surface area contributed by atoms with Gasteiger partial charge < -0.3 is 0 Å². The van der Waals surface area contributed by atoms with Gasteiger partial charge in [0.25, 0.3) is 0 Å². The van der Waals surface area contributed by atoms with Crippen LogP contribution in [0.2, 0.25) is 0 Å². The SMILES string of the molecule is CC(C)(C)[O][GeH3]. The Bertz CT molecular complexity index is 37.3. The topological polar surface area (TPSA) is 9.23 Å². The molecule has 2 heteroatoms. The number of rotatable bonds is 0. The van der Waals surface area contributed by atoms with E-state index >= 15 is 0 Å². The molecule has 0 aliphatic rings. The molecular weight excluding hydrogens is 137 g/mol. The third-order valence-corrected chi connectivity index (χ3v) is 3.18. The third-order valence-electron chi connectivity index (χ3n) is 0.612. The Morgan fingerprint density at radius 1 is 1.33 bits per heavy atom. The fourth-order valence-corrected chi connectivity index (χ4v) is 0. The Kier molecular flexibility index (Phi) is 2.15. The predicted octanol–water partition coefficient (Wildman–Crippen LogP) is 0.0819. The van der Waals surface area contributed by atoms with Crippen molar-refractivity contribution in [2.24, 2.45) is 0 Å². The average Bonchev–Trinajstić information content (AvgIpc) is 1.35. The molecule has 38 valence electrons. The molecule has 6 heavy (non-hydrogen) atoms. The molecule has 0 saturated heterocycles. The Morgan fingerprint density at radius 3 is 1.50 bits per heavy atom. The van der Waals surface area contributed by atoms with Gasteiger partial charge in [-0.15, -0.1) is 0 Å². The first kappa shape index (κ1) is 6.50. The molecule has 0 aromatic heterocycles. The molecule has 0 rings (SSSR count). The van der Waals surface area contributed by atoms with E-state index in [0.717, 1.165) is 0 Å². The molecule has 0 bridgehead atoms. The zero-order chi connectivity index (χ0) is 5.21. The molecule has 0 aromatic carbocycles. The van der Waals surface area contributed by atoms with E-state index in [1.807, 2.05) is 0 Å². The molecule has 0 amide bonds. The van der Waals surface area contributed by atoms with Crippen LogP contribution in [0, 0.1) is 0 Å². The van der Waals surface area contributed by atoms with Gasteiger partial charge in [-0.25, -0.2) is 0 Å². The maximum atomic E-state index is 5.12. The summed E-state index contributed by atoms with van der Waals surface area (Å²) in [4.78, 5) is 0. The molecule has 0 aliphatic carbocycles. The second kappa shape index (κ2) is 1.98. The molecule has 0 unspecified atom stereocenters. The minimum atomic E-state index is 0.125. The molecule has 0 saturated carbocycles. The van der Waals surface area contributed by atoms with Gasteiger partial charge in [0.1, 0.15) is 0 Å². The van der Waals surface area contributed by atoms with Crippen LogP contribution in [0.1, 0.15) is 20.8 Å². The summed E-state index contributed by atoms with van der Waals surface area (Å²) in [6.45, 7) is 6.20. The quantitative estimate of drug-likeness (QED) is 0.443. The summed E-state index contributed by atoms with van der Waals surface area (Å²) < 4.78 is 5.12. The molecule has 0 spiro atoms. The van der Waals surface area contributed by atoms with E-state index in [4.69, 9.17) is 3.76 Å². The minimum absolute atomic E-state index is 0.125. The predicted molar refractivity (Wildman–Crippen MR) is 30.8 cm³/mol. The van der Waals surface area contributed by atoms with Crippen molar-refractivity contribution in [3.8, 4) is 0 Å². The molecule has 0 atom stereocenters. The zero-order valence-electron chi connectivity index (χ0n) is 4.91. The Balaban J connectivity index is 3.17. The van der Waals surface area contributed by atoms with Gasteiger partial charge in [-0.2, -0.15) is 0 Å². The first-order valence-corrected chi connectivity index (χ1v) is 3.83. The van der Waals surface area contributed by atoms with Gasteiger partial charge in [0.05, 0.1) is 0 Å². The van der Waals surface area contributed by atoms with Crippen molar-refractivity contribution in [1.29, 1.82) is 0 Å². The molecule has 0 aromatic rings. The Morgan fingerprint density at radius 2 is 1.50 bits per heavy atom. The zero-order valence-corrected chi connectivity index (χ0v) is 9.10. The van der Waals surface area contributed by atoms with Gasteiger partial charge in [0, 0.05) is 0 Å². The van der Waals surface area contributed by atoms with Crippen LogP contribution in [-0.2, 0) is 3.76 Å². The van der Waals surface area contributed by atoms with Gasteiger partial charge in [0.15, 0.2) is 0 Å². The van der Waals surface area contributed by atoms with Gasteiger partial charge in [0.2, 0.25) is 0 Å². The van der Waals surface area contributed by atoms with Crippen LogP contribution < -0.4 is 0 Å². The molecule has 0 N–H and O–H groups in total. The molecule has 0 heterocycles. The van der Waals surface area contributed by atoms with Crippen molar-refractivity contribution < 1.29 is 3.76 Å². The molecule has 0 fully saturated rings. The van der Waals surface area contributed by atoms with Crippen LogP contribution in [0.15, 0.2) is 0 Å². The molecular formula is C4H12GeO. The summed E-state index contributed by atoms with van der Waals surface area (Å²) in [5.41, 5.74) is 0.125. The molecule has 1 nitrogen and oxygen atoms in total. The van der Waals surface area contributed by atoms with Crippen molar-refractivity contribution in [2.45, 2.75) is 26.4 Å². The van der Waals surface area contributed by atoms with E-state index in [1.165, 1.54) is 0 Å². The first-order valence-electron chi connectivity index (χ1n) is 2.11. The normalized spacial score (nSPS) is 12.5. The van der Waals surface area contributed by atoms with Gasteiger partial charge in [-0.1, -0.05) is 0 Å². The van der Waals surface area contributed by atoms with Crippen molar-refractivity contribution in [3.05, 3.63) is 0 Å².